The van der Waals surface area contributed by atoms with Gasteiger partial charge in [0.05, 0.1) is 48.7 Å². The van der Waals surface area contributed by atoms with Crippen molar-refractivity contribution in [2.45, 2.75) is 42.1 Å². The number of rotatable bonds is 12. The number of nitrogen functional groups attached to an aromatic ring is 1. The summed E-state index contributed by atoms with van der Waals surface area (Å²) in [4.78, 5) is 18.1. The third kappa shape index (κ3) is 6.27. The van der Waals surface area contributed by atoms with Gasteiger partial charge in [0.15, 0.2) is 15.5 Å². The van der Waals surface area contributed by atoms with Gasteiger partial charge < -0.3 is 25.3 Å². The van der Waals surface area contributed by atoms with Gasteiger partial charge in [0.2, 0.25) is 0 Å². The normalized spacial score (nSPS) is 19.1. The number of carbonyl (C=O) groups is 1. The second kappa shape index (κ2) is 12.8. The number of aromatic nitrogens is 5. The molecule has 3 N–H and O–H groups in total. The molecule has 1 saturated carbocycles. The molecule has 0 aliphatic heterocycles. The number of nitrogens with two attached hydrogens (primary N) is 1. The summed E-state index contributed by atoms with van der Waals surface area (Å²) in [6.45, 7) is 1.32. The van der Waals surface area contributed by atoms with E-state index in [1.54, 1.807) is 25.1 Å². The van der Waals surface area contributed by atoms with Gasteiger partial charge in [-0.1, -0.05) is 18.2 Å². The molecule has 0 spiro atoms. The highest BCUT2D eigenvalue weighted by atomic mass is 32.2. The Morgan fingerprint density at radius 2 is 1.81 bits per heavy atom. The molecule has 0 atom stereocenters. The van der Waals surface area contributed by atoms with Crippen LogP contribution in [0.15, 0.2) is 53.7 Å². The topological polar surface area (TPSA) is 165 Å². The van der Waals surface area contributed by atoms with E-state index in [1.165, 1.54) is 4.52 Å². The standard InChI is InChI=1S/C29H37N7O6S/c1-40-16-14-31-28(37)29(42-18-17-41-2)12-9-20(10-13-29)24-25(43(3,38)39)26(30)36-27(33-24)22(19-32-36)23-11-15-35(34-23)21-7-5-4-6-8-21/h4-8,11,15,19-20H,9-10,12-14,16-18,30H2,1-3H3,(H,31,37). The smallest absolute Gasteiger partial charge is 0.252 e. The van der Waals surface area contributed by atoms with Crippen LogP contribution in [0, 0.1) is 0 Å². The SMILES string of the molecule is COCCNC(=O)C1(OCCOC)CCC(c2nc3c(-c4ccn(-c5ccccc5)n4)cnn3c(N)c2S(C)(=O)=O)CC1. The number of nitrogens with one attached hydrogen (secondary N) is 1. The largest absolute Gasteiger partial charge is 0.383 e. The molecule has 14 heteroatoms. The van der Waals surface area contributed by atoms with E-state index in [4.69, 9.17) is 30.0 Å². The maximum Gasteiger partial charge on any atom is 0.252 e. The zero-order chi connectivity index (χ0) is 30.6. The van der Waals surface area contributed by atoms with Crippen molar-refractivity contribution in [3.8, 4) is 16.9 Å². The third-order valence-corrected chi connectivity index (χ3v) is 8.93. The minimum absolute atomic E-state index is 0.0123. The number of fused-ring (bicyclic) bond motifs is 1. The number of carbonyl (C=O) groups excluding carboxylic acids is 1. The van der Waals surface area contributed by atoms with Gasteiger partial charge in [0.25, 0.3) is 5.91 Å². The van der Waals surface area contributed by atoms with Gasteiger partial charge in [-0.3, -0.25) is 4.79 Å². The van der Waals surface area contributed by atoms with Crippen LogP contribution in [-0.4, -0.2) is 91.1 Å². The molecular weight excluding hydrogens is 574 g/mol. The van der Waals surface area contributed by atoms with Crippen molar-refractivity contribution < 1.29 is 27.4 Å². The summed E-state index contributed by atoms with van der Waals surface area (Å²) in [6, 6.07) is 11.5. The predicted octanol–water partition coefficient (Wildman–Crippen LogP) is 2.39. The Hall–Kier alpha value is -3.85. The first kappa shape index (κ1) is 30.6. The first-order chi connectivity index (χ1) is 20.7. The van der Waals surface area contributed by atoms with Crippen LogP contribution >= 0.6 is 0 Å². The van der Waals surface area contributed by atoms with E-state index in [0.717, 1.165) is 11.9 Å². The van der Waals surface area contributed by atoms with Crippen LogP contribution in [0.3, 0.4) is 0 Å². The Kier molecular flexibility index (Phi) is 9.11. The summed E-state index contributed by atoms with van der Waals surface area (Å²) in [5.41, 5.74) is 8.31. The summed E-state index contributed by atoms with van der Waals surface area (Å²) < 4.78 is 45.5. The van der Waals surface area contributed by atoms with Gasteiger partial charge in [-0.2, -0.15) is 14.7 Å². The fraction of sp³-hybridized carbons (Fsp3) is 0.448. The van der Waals surface area contributed by atoms with Gasteiger partial charge in [0, 0.05) is 39.1 Å². The number of hydrogen-bond acceptors (Lipinski definition) is 10. The molecule has 0 bridgehead atoms. The molecule has 1 aromatic carbocycles. The highest BCUT2D eigenvalue weighted by molar-refractivity contribution is 7.91. The van der Waals surface area contributed by atoms with Crippen molar-refractivity contribution in [2.75, 3.05) is 52.6 Å². The van der Waals surface area contributed by atoms with Crippen molar-refractivity contribution in [1.82, 2.24) is 29.7 Å². The van der Waals surface area contributed by atoms with E-state index in [1.807, 2.05) is 42.6 Å². The monoisotopic (exact) mass is 611 g/mol. The molecule has 4 aromatic rings. The van der Waals surface area contributed by atoms with Gasteiger partial charge in [-0.15, -0.1) is 0 Å². The number of amides is 1. The quantitative estimate of drug-likeness (QED) is 0.227. The molecular formula is C29H37N7O6S. The molecule has 1 aliphatic rings. The van der Waals surface area contributed by atoms with Crippen LogP contribution in [0.1, 0.15) is 37.3 Å². The first-order valence-electron chi connectivity index (χ1n) is 14.1. The Bertz CT molecular complexity index is 1680. The van der Waals surface area contributed by atoms with Crippen LogP contribution in [0.4, 0.5) is 5.82 Å². The Morgan fingerprint density at radius 1 is 1.09 bits per heavy atom. The zero-order valence-electron chi connectivity index (χ0n) is 24.5. The van der Waals surface area contributed by atoms with E-state index in [2.05, 4.69) is 10.4 Å². The lowest BCUT2D eigenvalue weighted by molar-refractivity contribution is -0.155. The van der Waals surface area contributed by atoms with Gasteiger partial charge >= 0.3 is 0 Å². The Balaban J connectivity index is 1.50. The Labute approximate surface area is 250 Å². The molecule has 230 valence electrons. The van der Waals surface area contributed by atoms with Crippen molar-refractivity contribution in [3.05, 3.63) is 54.5 Å². The summed E-state index contributed by atoms with van der Waals surface area (Å²) in [5, 5.41) is 12.0. The molecule has 13 nitrogen and oxygen atoms in total. The molecule has 0 saturated heterocycles. The lowest BCUT2D eigenvalue weighted by Gasteiger charge is -2.39. The zero-order valence-corrected chi connectivity index (χ0v) is 25.3. The average molecular weight is 612 g/mol. The highest BCUT2D eigenvalue weighted by Gasteiger charge is 2.44. The van der Waals surface area contributed by atoms with Gasteiger partial charge in [-0.25, -0.2) is 18.1 Å². The van der Waals surface area contributed by atoms with Crippen molar-refractivity contribution in [3.63, 3.8) is 0 Å². The van der Waals surface area contributed by atoms with Crippen molar-refractivity contribution in [1.29, 1.82) is 0 Å². The van der Waals surface area contributed by atoms with Gasteiger partial charge in [-0.05, 0) is 43.9 Å². The van der Waals surface area contributed by atoms with Crippen LogP contribution < -0.4 is 11.1 Å². The third-order valence-electron chi connectivity index (χ3n) is 7.77. The summed E-state index contributed by atoms with van der Waals surface area (Å²) in [5.74, 6) is -0.522. The molecule has 1 fully saturated rings. The van der Waals surface area contributed by atoms with Crippen molar-refractivity contribution in [2.24, 2.45) is 0 Å². The minimum atomic E-state index is -3.78. The predicted molar refractivity (Wildman–Crippen MR) is 160 cm³/mol. The van der Waals surface area contributed by atoms with E-state index < -0.39 is 15.4 Å². The van der Waals surface area contributed by atoms with E-state index in [-0.39, 0.29) is 29.1 Å². The number of methoxy groups -OCH3 is 2. The number of benzene rings is 1. The number of ether oxygens (including phenoxy) is 3. The second-order valence-corrected chi connectivity index (χ2v) is 12.6. The number of anilines is 1. The highest BCUT2D eigenvalue weighted by Crippen LogP contribution is 2.43. The van der Waals surface area contributed by atoms with Gasteiger partial charge in [0.1, 0.15) is 16.3 Å². The van der Waals surface area contributed by atoms with Crippen LogP contribution in [0.5, 0.6) is 0 Å². The fourth-order valence-electron chi connectivity index (χ4n) is 5.59. The number of nitrogens with zero attached hydrogens (tertiary/aromatic N) is 5. The molecule has 1 amide bonds. The number of sulfone groups is 1. The molecule has 0 radical (unpaired) electrons. The van der Waals surface area contributed by atoms with E-state index in [9.17, 15) is 13.2 Å². The average Bonchev–Trinajstić information content (AvgIpc) is 3.65. The number of hydrogen-bond donors (Lipinski definition) is 2. The number of para-hydroxylation sites is 1. The maximum absolute atomic E-state index is 13.3. The maximum atomic E-state index is 13.3. The van der Waals surface area contributed by atoms with E-state index >= 15 is 0 Å². The fourth-order valence-corrected chi connectivity index (χ4v) is 6.65. The molecule has 0 unspecified atom stereocenters. The summed E-state index contributed by atoms with van der Waals surface area (Å²) in [6.07, 6.45) is 6.20. The van der Waals surface area contributed by atoms with Crippen LogP contribution in [-0.2, 0) is 28.8 Å². The van der Waals surface area contributed by atoms with Crippen LogP contribution in [0.2, 0.25) is 0 Å². The minimum Gasteiger partial charge on any atom is -0.383 e. The first-order valence-corrected chi connectivity index (χ1v) is 16.0. The van der Waals surface area contributed by atoms with E-state index in [0.29, 0.717) is 68.0 Å². The molecule has 1 aliphatic carbocycles. The molecule has 5 rings (SSSR count). The molecule has 3 heterocycles. The molecule has 3 aromatic heterocycles. The summed E-state index contributed by atoms with van der Waals surface area (Å²) >= 11 is 0. The summed E-state index contributed by atoms with van der Waals surface area (Å²) in [7, 11) is -0.641. The second-order valence-electron chi connectivity index (χ2n) is 10.6. The van der Waals surface area contributed by atoms with Crippen molar-refractivity contribution >= 4 is 27.2 Å². The lowest BCUT2D eigenvalue weighted by atomic mass is 9.76. The lowest BCUT2D eigenvalue weighted by Crippen LogP contribution is -2.52. The Morgan fingerprint density at radius 3 is 2.49 bits per heavy atom. The molecule has 43 heavy (non-hydrogen) atoms. The van der Waals surface area contributed by atoms with Crippen LogP contribution in [0.25, 0.3) is 22.6 Å².